The average molecular weight is 594 g/mol. The van der Waals surface area contributed by atoms with Crippen LogP contribution in [0, 0.1) is 12.8 Å². The maximum absolute atomic E-state index is 13.3. The van der Waals surface area contributed by atoms with Crippen LogP contribution in [-0.4, -0.2) is 46.8 Å². The zero-order chi connectivity index (χ0) is 31.3. The summed E-state index contributed by atoms with van der Waals surface area (Å²) in [5.41, 5.74) is 5.60. The summed E-state index contributed by atoms with van der Waals surface area (Å²) >= 11 is 0. The molecule has 2 heterocycles. The number of aryl methyl sites for hydroxylation is 1. The summed E-state index contributed by atoms with van der Waals surface area (Å²) in [6.45, 7) is 9.84. The molecule has 0 unspecified atom stereocenters. The van der Waals surface area contributed by atoms with Crippen LogP contribution in [0.1, 0.15) is 56.0 Å². The number of ether oxygens (including phenoxy) is 1. The fraction of sp³-hybridized carbons (Fsp3) is 0.361. The molecular weight excluding hydrogens is 550 g/mol. The highest BCUT2D eigenvalue weighted by molar-refractivity contribution is 6.00. The normalized spacial score (nSPS) is 13.9. The van der Waals surface area contributed by atoms with Gasteiger partial charge in [0.15, 0.2) is 0 Å². The second-order valence-corrected chi connectivity index (χ2v) is 12.7. The predicted octanol–water partition coefficient (Wildman–Crippen LogP) is 7.15. The van der Waals surface area contributed by atoms with Crippen molar-refractivity contribution in [3.63, 3.8) is 0 Å². The third-order valence-electron chi connectivity index (χ3n) is 8.23. The SMILES string of the molecule is COc1cccc(CC(=O)N2CCC(Cc3ccccc3NC(=O)Nc3cc(C(C)(C)C)nn3-c3ccc(C)cc3)CC2)c1. The van der Waals surface area contributed by atoms with Crippen molar-refractivity contribution in [1.29, 1.82) is 0 Å². The lowest BCUT2D eigenvalue weighted by atomic mass is 9.89. The Bertz CT molecular complexity index is 1590. The number of carbonyl (C=O) groups excluding carboxylic acids is 2. The van der Waals surface area contributed by atoms with Crippen molar-refractivity contribution in [3.8, 4) is 11.4 Å². The Morgan fingerprint density at radius 1 is 0.932 bits per heavy atom. The first-order valence-electron chi connectivity index (χ1n) is 15.3. The molecule has 3 amide bonds. The van der Waals surface area contributed by atoms with Gasteiger partial charge in [0.05, 0.1) is 24.9 Å². The Morgan fingerprint density at radius 3 is 2.36 bits per heavy atom. The molecule has 1 aromatic heterocycles. The van der Waals surface area contributed by atoms with Crippen LogP contribution < -0.4 is 15.4 Å². The van der Waals surface area contributed by atoms with Crippen molar-refractivity contribution < 1.29 is 14.3 Å². The second-order valence-electron chi connectivity index (χ2n) is 12.7. The number of carbonyl (C=O) groups is 2. The number of aromatic nitrogens is 2. The monoisotopic (exact) mass is 593 g/mol. The summed E-state index contributed by atoms with van der Waals surface area (Å²) in [5, 5.41) is 10.9. The van der Waals surface area contributed by atoms with Crippen LogP contribution in [0.15, 0.2) is 78.9 Å². The number of nitrogens with zero attached hydrogens (tertiary/aromatic N) is 3. The first kappa shape index (κ1) is 30.9. The fourth-order valence-corrected chi connectivity index (χ4v) is 5.58. The molecule has 1 saturated heterocycles. The molecule has 0 aliphatic carbocycles. The number of methoxy groups -OCH3 is 1. The Balaban J connectivity index is 1.21. The zero-order valence-electron chi connectivity index (χ0n) is 26.4. The summed E-state index contributed by atoms with van der Waals surface area (Å²) in [7, 11) is 1.64. The minimum atomic E-state index is -0.316. The number of nitrogens with one attached hydrogen (secondary N) is 2. The molecule has 0 atom stereocenters. The van der Waals surface area contributed by atoms with Gasteiger partial charge in [-0.2, -0.15) is 5.10 Å². The Labute approximate surface area is 260 Å². The fourth-order valence-electron chi connectivity index (χ4n) is 5.58. The predicted molar refractivity (Wildman–Crippen MR) is 176 cm³/mol. The summed E-state index contributed by atoms with van der Waals surface area (Å²) in [6, 6.07) is 25.4. The maximum Gasteiger partial charge on any atom is 0.324 e. The highest BCUT2D eigenvalue weighted by Crippen LogP contribution is 2.28. The molecule has 2 N–H and O–H groups in total. The van der Waals surface area contributed by atoms with E-state index in [4.69, 9.17) is 9.84 Å². The van der Waals surface area contributed by atoms with Gasteiger partial charge in [0.1, 0.15) is 11.6 Å². The number of rotatable bonds is 8. The lowest BCUT2D eigenvalue weighted by Crippen LogP contribution is -2.39. The van der Waals surface area contributed by atoms with Crippen molar-refractivity contribution in [1.82, 2.24) is 14.7 Å². The molecule has 1 fully saturated rings. The molecule has 230 valence electrons. The minimum absolute atomic E-state index is 0.148. The number of piperidine rings is 1. The quantitative estimate of drug-likeness (QED) is 0.227. The van der Waals surface area contributed by atoms with E-state index in [1.807, 2.05) is 84.6 Å². The third kappa shape index (κ3) is 7.67. The van der Waals surface area contributed by atoms with Gasteiger partial charge in [0, 0.05) is 30.3 Å². The second kappa shape index (κ2) is 13.4. The number of hydrogen-bond acceptors (Lipinski definition) is 4. The Morgan fingerprint density at radius 2 is 1.66 bits per heavy atom. The van der Waals surface area contributed by atoms with Gasteiger partial charge in [-0.1, -0.05) is 68.8 Å². The number of benzene rings is 3. The molecule has 3 aromatic carbocycles. The van der Waals surface area contributed by atoms with Gasteiger partial charge in [-0.3, -0.25) is 10.1 Å². The molecule has 0 spiro atoms. The van der Waals surface area contributed by atoms with Crippen LogP contribution in [0.4, 0.5) is 16.3 Å². The van der Waals surface area contributed by atoms with Crippen LogP contribution in [0.3, 0.4) is 0 Å². The Hall–Kier alpha value is -4.59. The van der Waals surface area contributed by atoms with Crippen molar-refractivity contribution >= 4 is 23.4 Å². The average Bonchev–Trinajstić information content (AvgIpc) is 3.43. The number of amides is 3. The van der Waals surface area contributed by atoms with Gasteiger partial charge in [-0.05, 0) is 73.6 Å². The molecule has 0 bridgehead atoms. The molecule has 1 aliphatic rings. The van der Waals surface area contributed by atoms with Crippen LogP contribution in [-0.2, 0) is 23.1 Å². The number of anilines is 2. The zero-order valence-corrected chi connectivity index (χ0v) is 26.4. The highest BCUT2D eigenvalue weighted by Gasteiger charge is 2.25. The summed E-state index contributed by atoms with van der Waals surface area (Å²) in [6.07, 6.45) is 3.07. The lowest BCUT2D eigenvalue weighted by molar-refractivity contribution is -0.131. The molecule has 8 nitrogen and oxygen atoms in total. The van der Waals surface area contributed by atoms with Gasteiger partial charge >= 0.3 is 6.03 Å². The van der Waals surface area contributed by atoms with Gasteiger partial charge in [-0.15, -0.1) is 0 Å². The summed E-state index contributed by atoms with van der Waals surface area (Å²) in [5.74, 6) is 1.95. The van der Waals surface area contributed by atoms with Crippen LogP contribution in [0.5, 0.6) is 5.75 Å². The van der Waals surface area contributed by atoms with Gasteiger partial charge in [0.25, 0.3) is 0 Å². The molecule has 1 aliphatic heterocycles. The summed E-state index contributed by atoms with van der Waals surface area (Å²) in [4.78, 5) is 28.3. The van der Waals surface area contributed by atoms with Crippen molar-refractivity contribution in [2.45, 2.75) is 58.8 Å². The number of para-hydroxylation sites is 1. The third-order valence-corrected chi connectivity index (χ3v) is 8.23. The van der Waals surface area contributed by atoms with E-state index in [-0.39, 0.29) is 17.4 Å². The van der Waals surface area contributed by atoms with Crippen LogP contribution in [0.2, 0.25) is 0 Å². The van der Waals surface area contributed by atoms with Crippen molar-refractivity contribution in [3.05, 3.63) is 101 Å². The molecule has 0 saturated carbocycles. The molecule has 4 aromatic rings. The Kier molecular flexibility index (Phi) is 9.37. The molecule has 5 rings (SSSR count). The molecule has 44 heavy (non-hydrogen) atoms. The smallest absolute Gasteiger partial charge is 0.324 e. The van der Waals surface area contributed by atoms with Gasteiger partial charge < -0.3 is 15.0 Å². The standard InChI is InChI=1S/C36H43N5O3/c1-25-13-15-29(16-14-25)41-33(24-32(39-41)36(2,3)4)38-35(43)37-31-12-7-6-10-28(31)21-26-17-19-40(20-18-26)34(42)23-27-9-8-11-30(22-27)44-5/h6-16,22,24,26H,17-21,23H2,1-5H3,(H2,37,38,43). The largest absolute Gasteiger partial charge is 0.497 e. The first-order chi connectivity index (χ1) is 21.1. The van der Waals surface area contributed by atoms with Crippen molar-refractivity contribution in [2.75, 3.05) is 30.8 Å². The van der Waals surface area contributed by atoms with E-state index in [0.717, 1.165) is 71.9 Å². The van der Waals surface area contributed by atoms with E-state index in [2.05, 4.69) is 37.5 Å². The number of likely N-dealkylation sites (tertiary alicyclic amines) is 1. The molecule has 0 radical (unpaired) electrons. The lowest BCUT2D eigenvalue weighted by Gasteiger charge is -2.32. The van der Waals surface area contributed by atoms with Crippen LogP contribution >= 0.6 is 0 Å². The van der Waals surface area contributed by atoms with E-state index in [9.17, 15) is 9.59 Å². The van der Waals surface area contributed by atoms with Crippen molar-refractivity contribution in [2.24, 2.45) is 5.92 Å². The highest BCUT2D eigenvalue weighted by atomic mass is 16.5. The van der Waals surface area contributed by atoms with Gasteiger partial charge in [0.2, 0.25) is 5.91 Å². The molecule has 8 heteroatoms. The van der Waals surface area contributed by atoms with E-state index in [1.54, 1.807) is 11.8 Å². The van der Waals surface area contributed by atoms with Crippen LogP contribution in [0.25, 0.3) is 5.69 Å². The topological polar surface area (TPSA) is 88.5 Å². The van der Waals surface area contributed by atoms with E-state index in [1.165, 1.54) is 0 Å². The van der Waals surface area contributed by atoms with Gasteiger partial charge in [-0.25, -0.2) is 9.48 Å². The van der Waals surface area contributed by atoms with E-state index >= 15 is 0 Å². The van der Waals surface area contributed by atoms with E-state index in [0.29, 0.717) is 18.2 Å². The minimum Gasteiger partial charge on any atom is -0.497 e. The maximum atomic E-state index is 13.3. The summed E-state index contributed by atoms with van der Waals surface area (Å²) < 4.78 is 7.08. The van der Waals surface area contributed by atoms with E-state index < -0.39 is 0 Å². The molecular formula is C36H43N5O3. The number of hydrogen-bond donors (Lipinski definition) is 2. The first-order valence-corrected chi connectivity index (χ1v) is 15.3. The number of urea groups is 1.